The standard InChI is InChI=1S/C30H31NO6/c1-6-36-22-12-8-10-20(16-22)26-25(27(32)24-15-18(3)14-19(4)29(24)35-5)28(33)30(34)31(26)21-11-9-13-23(17-21)37-7-2/h8-17,26,32H,6-7H2,1-5H3/b27-25+. The second kappa shape index (κ2) is 10.8. The van der Waals surface area contributed by atoms with E-state index in [9.17, 15) is 14.7 Å². The van der Waals surface area contributed by atoms with Crippen LogP contribution in [0.5, 0.6) is 17.2 Å². The van der Waals surface area contributed by atoms with E-state index in [4.69, 9.17) is 14.2 Å². The Balaban J connectivity index is 1.99. The third kappa shape index (κ3) is 4.89. The fourth-order valence-electron chi connectivity index (χ4n) is 4.79. The molecule has 7 nitrogen and oxygen atoms in total. The molecule has 0 aromatic heterocycles. The third-order valence-corrected chi connectivity index (χ3v) is 6.21. The normalized spacial score (nSPS) is 16.7. The first-order chi connectivity index (χ1) is 17.8. The third-order valence-electron chi connectivity index (χ3n) is 6.21. The molecule has 3 aromatic carbocycles. The van der Waals surface area contributed by atoms with Crippen LogP contribution in [0.2, 0.25) is 0 Å². The zero-order chi connectivity index (χ0) is 26.7. The quantitative estimate of drug-likeness (QED) is 0.241. The van der Waals surface area contributed by atoms with Crippen LogP contribution in [0.25, 0.3) is 5.76 Å². The van der Waals surface area contributed by atoms with Gasteiger partial charge >= 0.3 is 0 Å². The SMILES string of the molecule is CCOc1cccc(C2/C(=C(\O)c3cc(C)cc(C)c3OC)C(=O)C(=O)N2c2cccc(OCC)c2)c1. The number of aliphatic hydroxyl groups excluding tert-OH is 1. The van der Waals surface area contributed by atoms with Gasteiger partial charge in [-0.1, -0.05) is 24.3 Å². The van der Waals surface area contributed by atoms with Gasteiger partial charge in [0.2, 0.25) is 0 Å². The molecule has 0 saturated carbocycles. The molecule has 0 spiro atoms. The Hall–Kier alpha value is -4.26. The maximum absolute atomic E-state index is 13.6. The highest BCUT2D eigenvalue weighted by Gasteiger charge is 2.47. The number of carbonyl (C=O) groups is 2. The fourth-order valence-corrected chi connectivity index (χ4v) is 4.79. The summed E-state index contributed by atoms with van der Waals surface area (Å²) in [7, 11) is 1.51. The molecule has 0 aliphatic carbocycles. The zero-order valence-corrected chi connectivity index (χ0v) is 21.7. The van der Waals surface area contributed by atoms with Crippen molar-refractivity contribution in [2.24, 2.45) is 0 Å². The molecule has 4 rings (SSSR count). The number of hydrogen-bond acceptors (Lipinski definition) is 6. The number of ether oxygens (including phenoxy) is 3. The molecule has 1 unspecified atom stereocenters. The summed E-state index contributed by atoms with van der Waals surface area (Å²) in [6, 6.07) is 17.0. The fraction of sp³-hybridized carbons (Fsp3) is 0.267. The molecule has 1 atom stereocenters. The molecule has 37 heavy (non-hydrogen) atoms. The Kier molecular flexibility index (Phi) is 7.53. The second-order valence-electron chi connectivity index (χ2n) is 8.77. The van der Waals surface area contributed by atoms with Crippen molar-refractivity contribution in [2.75, 3.05) is 25.2 Å². The minimum Gasteiger partial charge on any atom is -0.507 e. The maximum atomic E-state index is 13.6. The topological polar surface area (TPSA) is 85.3 Å². The summed E-state index contributed by atoms with van der Waals surface area (Å²) in [6.07, 6.45) is 0. The molecule has 1 heterocycles. The van der Waals surface area contributed by atoms with Crippen molar-refractivity contribution >= 4 is 23.1 Å². The van der Waals surface area contributed by atoms with Gasteiger partial charge in [0.1, 0.15) is 23.0 Å². The summed E-state index contributed by atoms with van der Waals surface area (Å²) in [6.45, 7) is 8.42. The van der Waals surface area contributed by atoms with Crippen LogP contribution in [0.15, 0.2) is 66.2 Å². The van der Waals surface area contributed by atoms with E-state index in [1.54, 1.807) is 42.5 Å². The average Bonchev–Trinajstić information content (AvgIpc) is 3.14. The van der Waals surface area contributed by atoms with Crippen LogP contribution in [0.1, 0.15) is 42.1 Å². The van der Waals surface area contributed by atoms with E-state index < -0.39 is 17.7 Å². The van der Waals surface area contributed by atoms with Gasteiger partial charge in [-0.05, 0) is 74.7 Å². The molecule has 0 radical (unpaired) electrons. The molecule has 192 valence electrons. The highest BCUT2D eigenvalue weighted by atomic mass is 16.5. The van der Waals surface area contributed by atoms with Gasteiger partial charge in [-0.25, -0.2) is 0 Å². The number of carbonyl (C=O) groups excluding carboxylic acids is 2. The Morgan fingerprint density at radius 2 is 1.57 bits per heavy atom. The number of aliphatic hydroxyl groups is 1. The van der Waals surface area contributed by atoms with Crippen LogP contribution in [0.3, 0.4) is 0 Å². The Labute approximate surface area is 216 Å². The summed E-state index contributed by atoms with van der Waals surface area (Å²) in [5.41, 5.74) is 3.12. The number of ketones is 1. The number of anilines is 1. The van der Waals surface area contributed by atoms with Crippen LogP contribution in [0.4, 0.5) is 5.69 Å². The number of hydrogen-bond donors (Lipinski definition) is 1. The monoisotopic (exact) mass is 501 g/mol. The number of Topliss-reactive ketones (excluding diaryl/α,β-unsaturated/α-hetero) is 1. The Bertz CT molecular complexity index is 1380. The van der Waals surface area contributed by atoms with Gasteiger partial charge in [0.15, 0.2) is 0 Å². The van der Waals surface area contributed by atoms with Crippen molar-refractivity contribution in [2.45, 2.75) is 33.7 Å². The zero-order valence-electron chi connectivity index (χ0n) is 21.7. The van der Waals surface area contributed by atoms with Gasteiger partial charge in [0.25, 0.3) is 11.7 Å². The first-order valence-corrected chi connectivity index (χ1v) is 12.2. The molecule has 1 amide bonds. The molecule has 1 saturated heterocycles. The Morgan fingerprint density at radius 1 is 0.919 bits per heavy atom. The number of amides is 1. The van der Waals surface area contributed by atoms with Crippen molar-refractivity contribution in [1.29, 1.82) is 0 Å². The summed E-state index contributed by atoms with van der Waals surface area (Å²) in [5, 5.41) is 11.6. The number of benzene rings is 3. The van der Waals surface area contributed by atoms with Crippen LogP contribution in [-0.4, -0.2) is 37.1 Å². The van der Waals surface area contributed by atoms with Gasteiger partial charge < -0.3 is 19.3 Å². The summed E-state index contributed by atoms with van der Waals surface area (Å²) >= 11 is 0. The molecular formula is C30H31NO6. The molecular weight excluding hydrogens is 470 g/mol. The highest BCUT2D eigenvalue weighted by molar-refractivity contribution is 6.51. The van der Waals surface area contributed by atoms with Gasteiger partial charge in [0.05, 0.1) is 37.5 Å². The highest BCUT2D eigenvalue weighted by Crippen LogP contribution is 2.45. The van der Waals surface area contributed by atoms with Crippen molar-refractivity contribution in [3.05, 3.63) is 88.5 Å². The second-order valence-corrected chi connectivity index (χ2v) is 8.77. The first kappa shape index (κ1) is 25.8. The van der Waals surface area contributed by atoms with Crippen molar-refractivity contribution < 1.29 is 28.9 Å². The smallest absolute Gasteiger partial charge is 0.300 e. The predicted molar refractivity (Wildman–Crippen MR) is 142 cm³/mol. The minimum atomic E-state index is -0.900. The van der Waals surface area contributed by atoms with Crippen molar-refractivity contribution in [3.63, 3.8) is 0 Å². The molecule has 1 N–H and O–H groups in total. The molecule has 0 bridgehead atoms. The summed E-state index contributed by atoms with van der Waals surface area (Å²) in [5.74, 6) is -0.221. The largest absolute Gasteiger partial charge is 0.507 e. The van der Waals surface area contributed by atoms with E-state index in [1.807, 2.05) is 45.9 Å². The van der Waals surface area contributed by atoms with Gasteiger partial charge in [0, 0.05) is 11.8 Å². The lowest BCUT2D eigenvalue weighted by molar-refractivity contribution is -0.132. The lowest BCUT2D eigenvalue weighted by atomic mass is 9.93. The van der Waals surface area contributed by atoms with E-state index in [0.29, 0.717) is 47.3 Å². The lowest BCUT2D eigenvalue weighted by Gasteiger charge is -2.26. The van der Waals surface area contributed by atoms with Crippen LogP contribution < -0.4 is 19.1 Å². The van der Waals surface area contributed by atoms with Crippen molar-refractivity contribution in [1.82, 2.24) is 0 Å². The summed E-state index contributed by atoms with van der Waals surface area (Å²) in [4.78, 5) is 28.5. The number of rotatable bonds is 8. The molecule has 1 aliphatic rings. The number of methoxy groups -OCH3 is 1. The predicted octanol–water partition coefficient (Wildman–Crippen LogP) is 5.74. The van der Waals surface area contributed by atoms with E-state index in [2.05, 4.69) is 0 Å². The molecule has 1 fully saturated rings. The summed E-state index contributed by atoms with van der Waals surface area (Å²) < 4.78 is 16.9. The van der Waals surface area contributed by atoms with Crippen LogP contribution in [0, 0.1) is 13.8 Å². The number of nitrogens with zero attached hydrogens (tertiary/aromatic N) is 1. The van der Waals surface area contributed by atoms with Gasteiger partial charge in [-0.3, -0.25) is 14.5 Å². The lowest BCUT2D eigenvalue weighted by Crippen LogP contribution is -2.29. The first-order valence-electron chi connectivity index (χ1n) is 12.2. The van der Waals surface area contributed by atoms with Crippen LogP contribution in [-0.2, 0) is 9.59 Å². The molecule has 1 aliphatic heterocycles. The van der Waals surface area contributed by atoms with Crippen LogP contribution >= 0.6 is 0 Å². The molecule has 3 aromatic rings. The Morgan fingerprint density at radius 3 is 2.22 bits per heavy atom. The molecule has 7 heteroatoms. The van der Waals surface area contributed by atoms with E-state index in [0.717, 1.165) is 11.1 Å². The van der Waals surface area contributed by atoms with E-state index >= 15 is 0 Å². The van der Waals surface area contributed by atoms with Gasteiger partial charge in [-0.2, -0.15) is 0 Å². The van der Waals surface area contributed by atoms with E-state index in [-0.39, 0.29) is 11.3 Å². The van der Waals surface area contributed by atoms with Gasteiger partial charge in [-0.15, -0.1) is 0 Å². The maximum Gasteiger partial charge on any atom is 0.300 e. The minimum absolute atomic E-state index is 0.0243. The van der Waals surface area contributed by atoms with Crippen molar-refractivity contribution in [3.8, 4) is 17.2 Å². The average molecular weight is 502 g/mol. The van der Waals surface area contributed by atoms with E-state index in [1.165, 1.54) is 12.0 Å². The number of aryl methyl sites for hydroxylation is 2.